The Bertz CT molecular complexity index is 790. The molecular formula is C14H12ClF3N2O3. The Morgan fingerprint density at radius 3 is 2.26 bits per heavy atom. The lowest BCUT2D eigenvalue weighted by Crippen LogP contribution is -2.18. The molecule has 0 radical (unpaired) electrons. The Morgan fingerprint density at radius 1 is 1.22 bits per heavy atom. The second kappa shape index (κ2) is 5.77. The minimum absolute atomic E-state index is 0.0245. The molecule has 0 aliphatic heterocycles. The van der Waals surface area contributed by atoms with Crippen molar-refractivity contribution in [1.29, 1.82) is 0 Å². The van der Waals surface area contributed by atoms with Gasteiger partial charge in [-0.3, -0.25) is 9.59 Å². The fraction of sp³-hybridized carbons (Fsp3) is 0.286. The highest BCUT2D eigenvalue weighted by atomic mass is 35.5. The van der Waals surface area contributed by atoms with Crippen LogP contribution in [0, 0.1) is 0 Å². The predicted octanol–water partition coefficient (Wildman–Crippen LogP) is 2.89. The quantitative estimate of drug-likeness (QED) is 0.864. The summed E-state index contributed by atoms with van der Waals surface area (Å²) in [6, 6.07) is 3.39. The van der Waals surface area contributed by atoms with Crippen molar-refractivity contribution in [3.05, 3.63) is 46.0 Å². The van der Waals surface area contributed by atoms with Gasteiger partial charge in [0.2, 0.25) is 5.78 Å². The molecule has 0 amide bonds. The predicted molar refractivity (Wildman–Crippen MR) is 75.6 cm³/mol. The van der Waals surface area contributed by atoms with Crippen LogP contribution in [-0.2, 0) is 31.5 Å². The van der Waals surface area contributed by atoms with Gasteiger partial charge in [-0.1, -0.05) is 11.6 Å². The van der Waals surface area contributed by atoms with Crippen LogP contribution in [0.15, 0.2) is 18.2 Å². The maximum atomic E-state index is 13.2. The number of aromatic nitrogens is 2. The van der Waals surface area contributed by atoms with Crippen molar-refractivity contribution >= 4 is 23.4 Å². The molecule has 0 spiro atoms. The first-order chi connectivity index (χ1) is 10.5. The van der Waals surface area contributed by atoms with Crippen molar-refractivity contribution in [1.82, 2.24) is 9.13 Å². The summed E-state index contributed by atoms with van der Waals surface area (Å²) in [6.45, 7) is 0. The van der Waals surface area contributed by atoms with Crippen LogP contribution in [0.2, 0.25) is 5.15 Å². The van der Waals surface area contributed by atoms with Crippen molar-refractivity contribution in [2.24, 2.45) is 14.1 Å². The summed E-state index contributed by atoms with van der Waals surface area (Å²) in [5.41, 5.74) is -1.93. The van der Waals surface area contributed by atoms with Crippen LogP contribution in [0.25, 0.3) is 0 Å². The van der Waals surface area contributed by atoms with E-state index in [1.165, 1.54) is 30.8 Å². The van der Waals surface area contributed by atoms with Gasteiger partial charge in [-0.2, -0.15) is 13.2 Å². The van der Waals surface area contributed by atoms with Crippen molar-refractivity contribution in [2.75, 3.05) is 0 Å². The molecule has 0 bridgehead atoms. The molecule has 0 fully saturated rings. The van der Waals surface area contributed by atoms with Crippen molar-refractivity contribution in [2.45, 2.75) is 12.6 Å². The van der Waals surface area contributed by atoms with E-state index in [1.54, 1.807) is 0 Å². The van der Waals surface area contributed by atoms with E-state index in [0.717, 1.165) is 4.57 Å². The molecule has 2 rings (SSSR count). The molecule has 124 valence electrons. The highest BCUT2D eigenvalue weighted by Crippen LogP contribution is 2.35. The number of carbonyl (C=O) groups excluding carboxylic acids is 1. The fourth-order valence-electron chi connectivity index (χ4n) is 2.31. The summed E-state index contributed by atoms with van der Waals surface area (Å²) < 4.78 is 41.9. The molecule has 5 nitrogen and oxygen atoms in total. The van der Waals surface area contributed by atoms with Gasteiger partial charge >= 0.3 is 12.1 Å². The van der Waals surface area contributed by atoms with Crippen molar-refractivity contribution in [3.8, 4) is 0 Å². The molecule has 2 heterocycles. The SMILES string of the molecule is Cn1c(Cl)ccc1C(=O)c1c(C(F)(F)F)cc(CC(=O)O)n1C. The van der Waals surface area contributed by atoms with E-state index in [0.29, 0.717) is 6.07 Å². The zero-order valence-electron chi connectivity index (χ0n) is 12.1. The third-order valence-corrected chi connectivity index (χ3v) is 3.86. The maximum Gasteiger partial charge on any atom is 0.418 e. The minimum Gasteiger partial charge on any atom is -0.481 e. The molecule has 2 aromatic heterocycles. The van der Waals surface area contributed by atoms with E-state index in [4.69, 9.17) is 16.7 Å². The third kappa shape index (κ3) is 3.12. The number of rotatable bonds is 4. The first-order valence-electron chi connectivity index (χ1n) is 6.37. The van der Waals surface area contributed by atoms with E-state index in [1.807, 2.05) is 0 Å². The number of alkyl halides is 3. The molecule has 0 aliphatic carbocycles. The van der Waals surface area contributed by atoms with E-state index < -0.39 is 35.6 Å². The lowest BCUT2D eigenvalue weighted by Gasteiger charge is -2.11. The Balaban J connectivity index is 2.64. The second-order valence-electron chi connectivity index (χ2n) is 4.95. The monoisotopic (exact) mass is 348 g/mol. The number of carboxylic acids is 1. The van der Waals surface area contributed by atoms with Crippen LogP contribution in [0.4, 0.5) is 13.2 Å². The molecule has 2 aromatic rings. The lowest BCUT2D eigenvalue weighted by atomic mass is 10.1. The zero-order chi connectivity index (χ0) is 17.5. The van der Waals surface area contributed by atoms with Crippen LogP contribution in [0.5, 0.6) is 0 Å². The molecular weight excluding hydrogens is 337 g/mol. The Morgan fingerprint density at radius 2 is 1.83 bits per heavy atom. The van der Waals surface area contributed by atoms with Gasteiger partial charge in [0.25, 0.3) is 0 Å². The number of nitrogens with zero attached hydrogens (tertiary/aromatic N) is 2. The van der Waals surface area contributed by atoms with Gasteiger partial charge in [-0.25, -0.2) is 0 Å². The van der Waals surface area contributed by atoms with Crippen LogP contribution >= 0.6 is 11.6 Å². The molecule has 1 N–H and O–H groups in total. The summed E-state index contributed by atoms with van der Waals surface area (Å²) in [4.78, 5) is 23.3. The number of hydrogen-bond acceptors (Lipinski definition) is 2. The normalized spacial score (nSPS) is 11.7. The number of aliphatic carboxylic acids is 1. The van der Waals surface area contributed by atoms with Crippen molar-refractivity contribution < 1.29 is 27.9 Å². The Kier molecular flexibility index (Phi) is 4.30. The minimum atomic E-state index is -4.78. The van der Waals surface area contributed by atoms with Gasteiger partial charge in [-0.05, 0) is 18.2 Å². The van der Waals surface area contributed by atoms with Gasteiger partial charge in [0, 0.05) is 19.8 Å². The fourth-order valence-corrected chi connectivity index (χ4v) is 2.46. The van der Waals surface area contributed by atoms with E-state index in [9.17, 15) is 22.8 Å². The third-order valence-electron chi connectivity index (χ3n) is 3.48. The Labute approximate surface area is 133 Å². The van der Waals surface area contributed by atoms with Gasteiger partial charge < -0.3 is 14.2 Å². The molecule has 0 atom stereocenters. The van der Waals surface area contributed by atoms with E-state index in [-0.39, 0.29) is 16.5 Å². The highest BCUT2D eigenvalue weighted by molar-refractivity contribution is 6.30. The largest absolute Gasteiger partial charge is 0.481 e. The second-order valence-corrected chi connectivity index (χ2v) is 5.34. The molecule has 0 saturated carbocycles. The Hall–Kier alpha value is -2.22. The van der Waals surface area contributed by atoms with Gasteiger partial charge in [0.1, 0.15) is 10.8 Å². The van der Waals surface area contributed by atoms with Crippen LogP contribution < -0.4 is 0 Å². The zero-order valence-corrected chi connectivity index (χ0v) is 12.9. The average molecular weight is 349 g/mol. The molecule has 0 aromatic carbocycles. The smallest absolute Gasteiger partial charge is 0.418 e. The van der Waals surface area contributed by atoms with Crippen LogP contribution in [0.1, 0.15) is 27.4 Å². The summed E-state index contributed by atoms with van der Waals surface area (Å²) >= 11 is 5.81. The maximum absolute atomic E-state index is 13.2. The summed E-state index contributed by atoms with van der Waals surface area (Å²) in [6.07, 6.45) is -5.41. The highest BCUT2D eigenvalue weighted by Gasteiger charge is 2.39. The molecule has 0 unspecified atom stereocenters. The van der Waals surface area contributed by atoms with Crippen LogP contribution in [0.3, 0.4) is 0 Å². The lowest BCUT2D eigenvalue weighted by molar-refractivity contribution is -0.138. The van der Waals surface area contributed by atoms with E-state index >= 15 is 0 Å². The van der Waals surface area contributed by atoms with Gasteiger partial charge in [0.15, 0.2) is 0 Å². The average Bonchev–Trinajstić information content (AvgIpc) is 2.91. The summed E-state index contributed by atoms with van der Waals surface area (Å²) in [7, 11) is 2.68. The topological polar surface area (TPSA) is 64.2 Å². The van der Waals surface area contributed by atoms with Crippen molar-refractivity contribution in [3.63, 3.8) is 0 Å². The molecule has 0 aliphatic rings. The van der Waals surface area contributed by atoms with E-state index in [2.05, 4.69) is 0 Å². The molecule has 23 heavy (non-hydrogen) atoms. The summed E-state index contributed by atoms with van der Waals surface area (Å²) in [5.74, 6) is -2.17. The number of hydrogen-bond donors (Lipinski definition) is 1. The molecule has 9 heteroatoms. The first-order valence-corrected chi connectivity index (χ1v) is 6.75. The van der Waals surface area contributed by atoms with Gasteiger partial charge in [0.05, 0.1) is 17.7 Å². The summed E-state index contributed by atoms with van der Waals surface area (Å²) in [5, 5.41) is 8.99. The number of ketones is 1. The van der Waals surface area contributed by atoms with Gasteiger partial charge in [-0.15, -0.1) is 0 Å². The number of carbonyl (C=O) groups is 2. The number of carboxylic acid groups (broad SMARTS) is 1. The molecule has 0 saturated heterocycles. The first kappa shape index (κ1) is 17.1. The van der Waals surface area contributed by atoms with Crippen LogP contribution in [-0.4, -0.2) is 26.0 Å². The number of halogens is 4. The standard InChI is InChI=1S/C14H12ClF3N2O3/c1-19-7(6-11(21)22)5-8(14(16,17)18)12(19)13(23)9-3-4-10(15)20(9)2/h3-5H,6H2,1-2H3,(H,21,22).